The van der Waals surface area contributed by atoms with Gasteiger partial charge in [0.1, 0.15) is 11.4 Å². The van der Waals surface area contributed by atoms with Crippen LogP contribution in [-0.2, 0) is 4.74 Å². The van der Waals surface area contributed by atoms with Crippen LogP contribution in [0.25, 0.3) is 0 Å². The third-order valence-corrected chi connectivity index (χ3v) is 5.80. The number of carbonyl (C=O) groups excluding carboxylic acids is 1. The molecule has 0 radical (unpaired) electrons. The van der Waals surface area contributed by atoms with Crippen molar-refractivity contribution in [3.63, 3.8) is 0 Å². The lowest BCUT2D eigenvalue weighted by Crippen LogP contribution is -2.42. The summed E-state index contributed by atoms with van der Waals surface area (Å²) in [6.45, 7) is 7.32. The summed E-state index contributed by atoms with van der Waals surface area (Å²) < 4.78 is 38.2. The predicted octanol–water partition coefficient (Wildman–Crippen LogP) is 4.63. The van der Waals surface area contributed by atoms with Gasteiger partial charge in [0, 0.05) is 50.8 Å². The normalized spacial score (nSPS) is 20.2. The monoisotopic (exact) mass is 425 g/mol. The number of alkyl halides is 2. The van der Waals surface area contributed by atoms with Crippen molar-refractivity contribution in [1.82, 2.24) is 4.90 Å². The molecule has 0 bridgehead atoms. The Labute approximate surface area is 177 Å². The number of likely N-dealkylation sites (tertiary alicyclic amines) is 1. The maximum atomic E-state index is 13.7. The molecule has 0 unspecified atom stereocenters. The summed E-state index contributed by atoms with van der Waals surface area (Å²) in [4.78, 5) is 16.1. The van der Waals surface area contributed by atoms with E-state index in [0.717, 1.165) is 24.1 Å². The number of hydrogen-bond donors (Lipinski definition) is 1. The highest BCUT2D eigenvalue weighted by atomic mass is 19.3. The number of nitrogens with two attached hydrogens (primary N) is 1. The van der Waals surface area contributed by atoms with Gasteiger partial charge in [0.2, 0.25) is 0 Å². The van der Waals surface area contributed by atoms with E-state index >= 15 is 0 Å². The number of carbonyl (C=O) groups is 1. The molecule has 2 aliphatic rings. The molecule has 2 saturated heterocycles. The second-order valence-electron chi connectivity index (χ2n) is 9.24. The number of anilines is 2. The SMILES string of the molecule is COc1cc(N2CCC(F)(F)CC2)c(C2CCN(C(=O)OC(C)(C)C)CC2)cc1N. The number of hydrogen-bond acceptors (Lipinski definition) is 5. The zero-order valence-corrected chi connectivity index (χ0v) is 18.3. The van der Waals surface area contributed by atoms with Crippen LogP contribution in [0, 0.1) is 0 Å². The molecule has 0 aliphatic carbocycles. The lowest BCUT2D eigenvalue weighted by molar-refractivity contribution is -0.0220. The Kier molecular flexibility index (Phi) is 6.34. The quantitative estimate of drug-likeness (QED) is 0.716. The van der Waals surface area contributed by atoms with E-state index in [1.54, 1.807) is 12.0 Å². The summed E-state index contributed by atoms with van der Waals surface area (Å²) in [6.07, 6.45) is 0.921. The minimum Gasteiger partial charge on any atom is -0.495 e. The van der Waals surface area contributed by atoms with E-state index in [1.165, 1.54) is 0 Å². The molecule has 2 fully saturated rings. The van der Waals surface area contributed by atoms with Crippen molar-refractivity contribution in [1.29, 1.82) is 0 Å². The van der Waals surface area contributed by atoms with Crippen molar-refractivity contribution in [2.24, 2.45) is 0 Å². The average Bonchev–Trinajstić information content (AvgIpc) is 2.67. The molecule has 2 aliphatic heterocycles. The Hall–Kier alpha value is -2.25. The number of methoxy groups -OCH3 is 1. The summed E-state index contributed by atoms with van der Waals surface area (Å²) >= 11 is 0. The molecule has 0 aromatic heterocycles. The van der Waals surface area contributed by atoms with E-state index in [9.17, 15) is 13.6 Å². The molecule has 8 heteroatoms. The van der Waals surface area contributed by atoms with E-state index < -0.39 is 11.5 Å². The average molecular weight is 426 g/mol. The zero-order chi connectivity index (χ0) is 22.1. The second kappa shape index (κ2) is 8.47. The van der Waals surface area contributed by atoms with Crippen molar-refractivity contribution in [3.05, 3.63) is 17.7 Å². The number of nitrogen functional groups attached to an aromatic ring is 1. The molecule has 3 rings (SSSR count). The van der Waals surface area contributed by atoms with E-state index in [2.05, 4.69) is 0 Å². The van der Waals surface area contributed by atoms with Crippen molar-refractivity contribution in [3.8, 4) is 5.75 Å². The third-order valence-electron chi connectivity index (χ3n) is 5.80. The van der Waals surface area contributed by atoms with Crippen LogP contribution >= 0.6 is 0 Å². The molecule has 0 atom stereocenters. The molecule has 0 spiro atoms. The third kappa shape index (κ3) is 5.26. The summed E-state index contributed by atoms with van der Waals surface area (Å²) in [5.74, 6) is -1.86. The Morgan fingerprint density at radius 1 is 1.13 bits per heavy atom. The highest BCUT2D eigenvalue weighted by molar-refractivity contribution is 5.70. The van der Waals surface area contributed by atoms with E-state index in [1.807, 2.05) is 37.8 Å². The molecule has 168 valence electrons. The van der Waals surface area contributed by atoms with Crippen LogP contribution in [0.15, 0.2) is 12.1 Å². The first kappa shape index (κ1) is 22.4. The summed E-state index contributed by atoms with van der Waals surface area (Å²) in [6, 6.07) is 3.78. The Bertz CT molecular complexity index is 762. The number of piperidine rings is 2. The van der Waals surface area contributed by atoms with Gasteiger partial charge in [0.15, 0.2) is 0 Å². The van der Waals surface area contributed by atoms with Gasteiger partial charge in [0.05, 0.1) is 12.8 Å². The Morgan fingerprint density at radius 2 is 1.73 bits per heavy atom. The Morgan fingerprint density at radius 3 is 2.27 bits per heavy atom. The molecule has 1 aromatic carbocycles. The first-order valence-corrected chi connectivity index (χ1v) is 10.6. The fourth-order valence-corrected chi connectivity index (χ4v) is 4.16. The predicted molar refractivity (Wildman–Crippen MR) is 114 cm³/mol. The van der Waals surface area contributed by atoms with Crippen LogP contribution < -0.4 is 15.4 Å². The molecule has 1 amide bonds. The van der Waals surface area contributed by atoms with Gasteiger partial charge in [-0.1, -0.05) is 0 Å². The van der Waals surface area contributed by atoms with Crippen LogP contribution in [0.4, 0.5) is 25.0 Å². The van der Waals surface area contributed by atoms with Crippen molar-refractivity contribution in [2.45, 2.75) is 63.9 Å². The van der Waals surface area contributed by atoms with Gasteiger partial charge in [-0.15, -0.1) is 0 Å². The first-order chi connectivity index (χ1) is 14.0. The number of amides is 1. The van der Waals surface area contributed by atoms with Gasteiger partial charge in [0.25, 0.3) is 5.92 Å². The van der Waals surface area contributed by atoms with Gasteiger partial charge < -0.3 is 25.0 Å². The van der Waals surface area contributed by atoms with Crippen LogP contribution in [-0.4, -0.2) is 55.8 Å². The molecular weight excluding hydrogens is 392 g/mol. The van der Waals surface area contributed by atoms with Crippen LogP contribution in [0.2, 0.25) is 0 Å². The Balaban J connectivity index is 1.77. The van der Waals surface area contributed by atoms with E-state index in [4.69, 9.17) is 15.2 Å². The molecular formula is C22H33F2N3O3. The molecule has 6 nitrogen and oxygen atoms in total. The van der Waals surface area contributed by atoms with E-state index in [-0.39, 0.29) is 24.9 Å². The number of rotatable bonds is 3. The van der Waals surface area contributed by atoms with Gasteiger partial charge in [-0.05, 0) is 51.2 Å². The lowest BCUT2D eigenvalue weighted by atomic mass is 9.87. The maximum Gasteiger partial charge on any atom is 0.410 e. The first-order valence-electron chi connectivity index (χ1n) is 10.6. The minimum absolute atomic E-state index is 0.157. The summed E-state index contributed by atoms with van der Waals surface area (Å²) in [5, 5.41) is 0. The number of nitrogens with zero attached hydrogens (tertiary/aromatic N) is 2. The smallest absolute Gasteiger partial charge is 0.410 e. The highest BCUT2D eigenvalue weighted by Gasteiger charge is 2.36. The van der Waals surface area contributed by atoms with Gasteiger partial charge in [-0.25, -0.2) is 13.6 Å². The number of benzene rings is 1. The fourth-order valence-electron chi connectivity index (χ4n) is 4.16. The maximum absolute atomic E-state index is 13.7. The molecule has 2 heterocycles. The standard InChI is InChI=1S/C22H33F2N3O3/c1-21(2,3)30-20(28)27-9-5-15(6-10-27)16-13-17(25)19(29-4)14-18(16)26-11-7-22(23,24)8-12-26/h13-15H,5-12,25H2,1-4H3. The summed E-state index contributed by atoms with van der Waals surface area (Å²) in [5.41, 5.74) is 8.14. The summed E-state index contributed by atoms with van der Waals surface area (Å²) in [7, 11) is 1.55. The fraction of sp³-hybridized carbons (Fsp3) is 0.682. The largest absolute Gasteiger partial charge is 0.495 e. The molecule has 0 saturated carbocycles. The van der Waals surface area contributed by atoms with Crippen LogP contribution in [0.5, 0.6) is 5.75 Å². The highest BCUT2D eigenvalue weighted by Crippen LogP contribution is 2.42. The van der Waals surface area contributed by atoms with Crippen molar-refractivity contribution < 1.29 is 23.0 Å². The molecule has 2 N–H and O–H groups in total. The van der Waals surface area contributed by atoms with E-state index in [0.29, 0.717) is 37.6 Å². The number of halogens is 2. The van der Waals surface area contributed by atoms with Crippen molar-refractivity contribution >= 4 is 17.5 Å². The van der Waals surface area contributed by atoms with Crippen LogP contribution in [0.1, 0.15) is 57.9 Å². The number of ether oxygens (including phenoxy) is 2. The second-order valence-corrected chi connectivity index (χ2v) is 9.24. The van der Waals surface area contributed by atoms with Crippen LogP contribution in [0.3, 0.4) is 0 Å². The minimum atomic E-state index is -2.60. The van der Waals surface area contributed by atoms with Gasteiger partial charge in [-0.3, -0.25) is 0 Å². The van der Waals surface area contributed by atoms with Gasteiger partial charge in [-0.2, -0.15) is 0 Å². The topological polar surface area (TPSA) is 68.0 Å². The van der Waals surface area contributed by atoms with Crippen molar-refractivity contribution in [2.75, 3.05) is 43.9 Å². The zero-order valence-electron chi connectivity index (χ0n) is 18.3. The van der Waals surface area contributed by atoms with Gasteiger partial charge >= 0.3 is 6.09 Å². The molecule has 1 aromatic rings. The lowest BCUT2D eigenvalue weighted by Gasteiger charge is -2.38. The molecule has 30 heavy (non-hydrogen) atoms.